The number of nitrogens with zero attached hydrogens (tertiary/aromatic N) is 2. The number of hydrogen-bond donors (Lipinski definition) is 1. The van der Waals surface area contributed by atoms with Gasteiger partial charge in [-0.25, -0.2) is 8.42 Å². The smallest absolute Gasteiger partial charge is 0.279 e. The summed E-state index contributed by atoms with van der Waals surface area (Å²) in [7, 11) is -7.20. The molecule has 11 heteroatoms. The van der Waals surface area contributed by atoms with Crippen molar-refractivity contribution < 1.29 is 26.3 Å². The Labute approximate surface area is 166 Å². The molecule has 2 fully saturated rings. The van der Waals surface area contributed by atoms with Crippen LogP contribution in [0.15, 0.2) is 29.2 Å². The third-order valence-corrected chi connectivity index (χ3v) is 8.12. The normalized spacial score (nSPS) is 25.6. The van der Waals surface area contributed by atoms with E-state index in [4.69, 9.17) is 9.47 Å². The monoisotopic (exact) mass is 433 g/mol. The third-order valence-electron chi connectivity index (χ3n) is 4.72. The van der Waals surface area contributed by atoms with Gasteiger partial charge in [0.1, 0.15) is 0 Å². The maximum atomic E-state index is 12.6. The number of rotatable bonds is 6. The maximum Gasteiger partial charge on any atom is 0.279 e. The summed E-state index contributed by atoms with van der Waals surface area (Å²) in [5.41, 5.74) is 0.679. The van der Waals surface area contributed by atoms with Gasteiger partial charge in [0.15, 0.2) is 0 Å². The van der Waals surface area contributed by atoms with Gasteiger partial charge in [-0.1, -0.05) is 12.1 Å². The molecule has 1 aromatic rings. The van der Waals surface area contributed by atoms with Gasteiger partial charge >= 0.3 is 0 Å². The van der Waals surface area contributed by atoms with Crippen LogP contribution in [-0.2, 0) is 36.3 Å². The molecule has 0 aromatic heterocycles. The van der Waals surface area contributed by atoms with Crippen LogP contribution < -0.4 is 4.72 Å². The average molecular weight is 434 g/mol. The highest BCUT2D eigenvalue weighted by molar-refractivity contribution is 7.89. The molecule has 0 radical (unpaired) electrons. The summed E-state index contributed by atoms with van der Waals surface area (Å²) in [6.07, 6.45) is -0.324. The van der Waals surface area contributed by atoms with Crippen molar-refractivity contribution in [1.29, 1.82) is 0 Å². The molecule has 3 rings (SSSR count). The van der Waals surface area contributed by atoms with Crippen molar-refractivity contribution in [1.82, 2.24) is 13.3 Å². The topological polar surface area (TPSA) is 105 Å². The minimum Gasteiger partial charge on any atom is -0.379 e. The lowest BCUT2D eigenvalue weighted by molar-refractivity contribution is -0.0444. The number of ether oxygens (including phenoxy) is 2. The fourth-order valence-corrected chi connectivity index (χ4v) is 6.06. The summed E-state index contributed by atoms with van der Waals surface area (Å²) in [6, 6.07) is 6.27. The Morgan fingerprint density at radius 2 is 1.54 bits per heavy atom. The van der Waals surface area contributed by atoms with Crippen molar-refractivity contribution in [3.63, 3.8) is 0 Å². The maximum absolute atomic E-state index is 12.6. The van der Waals surface area contributed by atoms with E-state index >= 15 is 0 Å². The van der Waals surface area contributed by atoms with E-state index in [0.717, 1.165) is 0 Å². The molecule has 2 atom stereocenters. The quantitative estimate of drug-likeness (QED) is 0.685. The van der Waals surface area contributed by atoms with Crippen LogP contribution in [0.25, 0.3) is 0 Å². The number of nitrogens with one attached hydrogen (secondary N) is 1. The van der Waals surface area contributed by atoms with E-state index in [2.05, 4.69) is 4.72 Å². The minimum absolute atomic E-state index is 0.0837. The fraction of sp³-hybridized carbons (Fsp3) is 0.647. The van der Waals surface area contributed by atoms with Gasteiger partial charge in [0, 0.05) is 32.7 Å². The van der Waals surface area contributed by atoms with Crippen LogP contribution in [0.5, 0.6) is 0 Å². The zero-order valence-corrected chi connectivity index (χ0v) is 17.7. The van der Waals surface area contributed by atoms with Crippen molar-refractivity contribution in [2.45, 2.75) is 37.5 Å². The first kappa shape index (κ1) is 21.6. The first-order chi connectivity index (χ1) is 13.2. The molecule has 0 spiro atoms. The zero-order valence-electron chi connectivity index (χ0n) is 16.1. The highest BCUT2D eigenvalue weighted by Crippen LogP contribution is 2.18. The van der Waals surface area contributed by atoms with E-state index in [0.29, 0.717) is 45.0 Å². The van der Waals surface area contributed by atoms with Crippen LogP contribution in [0, 0.1) is 0 Å². The molecule has 1 aromatic carbocycles. The molecule has 0 aliphatic carbocycles. The molecule has 2 aliphatic rings. The number of morpholine rings is 2. The Kier molecular flexibility index (Phi) is 6.75. The molecular formula is C17H27N3O6S2. The first-order valence-corrected chi connectivity index (χ1v) is 12.1. The Morgan fingerprint density at radius 1 is 0.964 bits per heavy atom. The van der Waals surface area contributed by atoms with Gasteiger partial charge in [-0.3, -0.25) is 0 Å². The zero-order chi connectivity index (χ0) is 20.4. The van der Waals surface area contributed by atoms with Crippen LogP contribution in [0.1, 0.15) is 19.4 Å². The molecule has 1 N–H and O–H groups in total. The van der Waals surface area contributed by atoms with Crippen LogP contribution in [0.2, 0.25) is 0 Å². The van der Waals surface area contributed by atoms with Crippen LogP contribution in [-0.4, -0.2) is 77.0 Å². The lowest BCUT2D eigenvalue weighted by Gasteiger charge is -2.34. The van der Waals surface area contributed by atoms with Crippen LogP contribution in [0.4, 0.5) is 0 Å². The summed E-state index contributed by atoms with van der Waals surface area (Å²) < 4.78 is 66.4. The van der Waals surface area contributed by atoms with Crippen molar-refractivity contribution in [3.05, 3.63) is 29.8 Å². The largest absolute Gasteiger partial charge is 0.379 e. The Bertz CT molecular complexity index is 857. The van der Waals surface area contributed by atoms with E-state index in [1.54, 1.807) is 12.1 Å². The second-order valence-corrected chi connectivity index (χ2v) is 10.8. The number of benzene rings is 1. The highest BCUT2D eigenvalue weighted by atomic mass is 32.2. The van der Waals surface area contributed by atoms with Crippen LogP contribution >= 0.6 is 0 Å². The molecule has 158 valence electrons. The standard InChI is InChI=1S/C17H27N3O6S2/c1-14-12-20(13-15(2)26-14)28(23,24)18-11-16-3-5-17(6-4-16)27(21,22)19-7-9-25-10-8-19/h3-6,14-15,18H,7-13H2,1-2H3/t14-,15-/m1/s1. The molecular weight excluding hydrogens is 406 g/mol. The summed E-state index contributed by atoms with van der Waals surface area (Å²) >= 11 is 0. The molecule has 2 aliphatic heterocycles. The summed E-state index contributed by atoms with van der Waals surface area (Å²) in [5.74, 6) is 0. The van der Waals surface area contributed by atoms with Crippen molar-refractivity contribution in [2.75, 3.05) is 39.4 Å². The van der Waals surface area contributed by atoms with Crippen LogP contribution in [0.3, 0.4) is 0 Å². The van der Waals surface area contributed by atoms with Gasteiger partial charge in [-0.2, -0.15) is 21.8 Å². The fourth-order valence-electron chi connectivity index (χ4n) is 3.31. The molecule has 2 saturated heterocycles. The summed E-state index contributed by atoms with van der Waals surface area (Å²) in [5, 5.41) is 0. The second-order valence-electron chi connectivity index (χ2n) is 7.06. The third kappa shape index (κ3) is 5.09. The molecule has 0 unspecified atom stereocenters. The number of hydrogen-bond acceptors (Lipinski definition) is 6. The van der Waals surface area contributed by atoms with Gasteiger partial charge in [0.05, 0.1) is 30.3 Å². The Hall–Kier alpha value is -1.08. The first-order valence-electron chi connectivity index (χ1n) is 9.25. The van der Waals surface area contributed by atoms with E-state index in [1.807, 2.05) is 13.8 Å². The van der Waals surface area contributed by atoms with Gasteiger partial charge in [0.25, 0.3) is 10.2 Å². The van der Waals surface area contributed by atoms with E-state index in [1.165, 1.54) is 20.7 Å². The highest BCUT2D eigenvalue weighted by Gasteiger charge is 2.31. The van der Waals surface area contributed by atoms with E-state index < -0.39 is 20.2 Å². The second kappa shape index (κ2) is 8.74. The summed E-state index contributed by atoms with van der Waals surface area (Å²) in [6.45, 7) is 5.81. The van der Waals surface area contributed by atoms with Crippen molar-refractivity contribution in [3.8, 4) is 0 Å². The minimum atomic E-state index is -3.64. The van der Waals surface area contributed by atoms with Crippen molar-refractivity contribution >= 4 is 20.2 Å². The summed E-state index contributed by atoms with van der Waals surface area (Å²) in [4.78, 5) is 0.192. The van der Waals surface area contributed by atoms with Gasteiger partial charge in [0.2, 0.25) is 10.0 Å². The van der Waals surface area contributed by atoms with Gasteiger partial charge in [-0.15, -0.1) is 0 Å². The van der Waals surface area contributed by atoms with Gasteiger partial charge in [-0.05, 0) is 31.5 Å². The van der Waals surface area contributed by atoms with Crippen molar-refractivity contribution in [2.24, 2.45) is 0 Å². The Balaban J connectivity index is 1.62. The molecule has 0 amide bonds. The average Bonchev–Trinajstić information content (AvgIpc) is 2.67. The van der Waals surface area contributed by atoms with E-state index in [9.17, 15) is 16.8 Å². The predicted octanol–water partition coefficient (Wildman–Crippen LogP) is 0.151. The SMILES string of the molecule is C[C@@H]1CN(S(=O)(=O)NCc2ccc(S(=O)(=O)N3CCOCC3)cc2)C[C@@H](C)O1. The predicted molar refractivity (Wildman–Crippen MR) is 103 cm³/mol. The lowest BCUT2D eigenvalue weighted by Crippen LogP contribution is -2.51. The molecule has 2 heterocycles. The Morgan fingerprint density at radius 3 is 2.11 bits per heavy atom. The van der Waals surface area contributed by atoms with Gasteiger partial charge < -0.3 is 9.47 Å². The molecule has 9 nitrogen and oxygen atoms in total. The molecule has 0 saturated carbocycles. The molecule has 28 heavy (non-hydrogen) atoms. The number of sulfonamides is 1. The van der Waals surface area contributed by atoms with E-state index in [-0.39, 0.29) is 23.6 Å². The lowest BCUT2D eigenvalue weighted by atomic mass is 10.2. The molecule has 0 bridgehead atoms.